The molecule has 1 saturated heterocycles. The third-order valence-electron chi connectivity index (χ3n) is 5.94. The number of carbonyl (C=O) groups excluding carboxylic acids is 1. The first-order valence-corrected chi connectivity index (χ1v) is 9.77. The van der Waals surface area contributed by atoms with Crippen molar-refractivity contribution < 1.29 is 4.79 Å². The van der Waals surface area contributed by atoms with E-state index in [1.165, 1.54) is 25.7 Å². The lowest BCUT2D eigenvalue weighted by atomic mass is 9.85. The highest BCUT2D eigenvalue weighted by Crippen LogP contribution is 2.33. The molecule has 4 nitrogen and oxygen atoms in total. The summed E-state index contributed by atoms with van der Waals surface area (Å²) in [6.07, 6.45) is 9.74. The minimum Gasteiger partial charge on any atom is -0.348 e. The summed E-state index contributed by atoms with van der Waals surface area (Å²) in [5.41, 5.74) is 3.37. The zero-order valence-electron chi connectivity index (χ0n) is 16.1. The third-order valence-corrected chi connectivity index (χ3v) is 5.94. The summed E-state index contributed by atoms with van der Waals surface area (Å²) in [4.78, 5) is 16.8. The van der Waals surface area contributed by atoms with Crippen LogP contribution in [0.3, 0.4) is 0 Å². The van der Waals surface area contributed by atoms with Gasteiger partial charge in [-0.1, -0.05) is 43.2 Å². The van der Waals surface area contributed by atoms with E-state index in [4.69, 9.17) is 0 Å². The lowest BCUT2D eigenvalue weighted by Crippen LogP contribution is -2.43. The van der Waals surface area contributed by atoms with Gasteiger partial charge in [0.2, 0.25) is 5.91 Å². The maximum atomic E-state index is 12.7. The van der Waals surface area contributed by atoms with Gasteiger partial charge in [0.25, 0.3) is 0 Å². The van der Waals surface area contributed by atoms with Crippen molar-refractivity contribution in [3.63, 3.8) is 0 Å². The van der Waals surface area contributed by atoms with Gasteiger partial charge in [0, 0.05) is 18.4 Å². The zero-order valence-corrected chi connectivity index (χ0v) is 17.8. The fourth-order valence-electron chi connectivity index (χ4n) is 4.42. The Balaban J connectivity index is 0.00000140. The molecule has 28 heavy (non-hydrogen) atoms. The minimum absolute atomic E-state index is 0. The lowest BCUT2D eigenvalue weighted by molar-refractivity contribution is -0.123. The molecule has 2 N–H and O–H groups in total. The van der Waals surface area contributed by atoms with Crippen LogP contribution in [0, 0.1) is 5.92 Å². The van der Waals surface area contributed by atoms with Gasteiger partial charge in [-0.25, -0.2) is 0 Å². The Morgan fingerprint density at radius 2 is 1.86 bits per heavy atom. The predicted octanol–water partition coefficient (Wildman–Crippen LogP) is 4.69. The SMILES string of the molecule is CC(NC(=O)C1CC2CCCCC2N1)c1ccc(-c2cccnc2)cc1.Cl.Cl. The summed E-state index contributed by atoms with van der Waals surface area (Å²) in [6.45, 7) is 2.05. The molecule has 4 atom stereocenters. The van der Waals surface area contributed by atoms with E-state index in [-0.39, 0.29) is 42.8 Å². The summed E-state index contributed by atoms with van der Waals surface area (Å²) in [5.74, 6) is 0.830. The van der Waals surface area contributed by atoms with Crippen LogP contribution in [0.15, 0.2) is 48.8 Å². The first-order chi connectivity index (χ1) is 12.7. The van der Waals surface area contributed by atoms with Gasteiger partial charge in [0.1, 0.15) is 0 Å². The molecule has 2 heterocycles. The van der Waals surface area contributed by atoms with E-state index < -0.39 is 0 Å². The highest BCUT2D eigenvalue weighted by molar-refractivity contribution is 5.85. The van der Waals surface area contributed by atoms with Crippen LogP contribution in [0.5, 0.6) is 0 Å². The van der Waals surface area contributed by atoms with Gasteiger partial charge in [-0.15, -0.1) is 24.8 Å². The minimum atomic E-state index is -0.0276. The number of halogens is 2. The molecule has 1 saturated carbocycles. The molecule has 2 aliphatic rings. The number of hydrogen-bond acceptors (Lipinski definition) is 3. The van der Waals surface area contributed by atoms with E-state index >= 15 is 0 Å². The van der Waals surface area contributed by atoms with Gasteiger partial charge < -0.3 is 10.6 Å². The van der Waals surface area contributed by atoms with Crippen LogP contribution < -0.4 is 10.6 Å². The van der Waals surface area contributed by atoms with Crippen LogP contribution in [0.4, 0.5) is 0 Å². The number of nitrogens with one attached hydrogen (secondary N) is 2. The largest absolute Gasteiger partial charge is 0.348 e. The highest BCUT2D eigenvalue weighted by atomic mass is 35.5. The van der Waals surface area contributed by atoms with Crippen LogP contribution in [0.25, 0.3) is 11.1 Å². The molecule has 6 heteroatoms. The Bertz CT molecular complexity index is 740. The van der Waals surface area contributed by atoms with E-state index in [1.54, 1.807) is 6.20 Å². The predicted molar refractivity (Wildman–Crippen MR) is 118 cm³/mol. The van der Waals surface area contributed by atoms with Crippen molar-refractivity contribution in [2.45, 2.75) is 57.2 Å². The number of amides is 1. The molecule has 1 aromatic heterocycles. The van der Waals surface area contributed by atoms with Gasteiger partial charge in [0.15, 0.2) is 0 Å². The Kier molecular flexibility index (Phi) is 8.29. The molecule has 1 aliphatic heterocycles. The first-order valence-electron chi connectivity index (χ1n) is 9.77. The van der Waals surface area contributed by atoms with Crippen molar-refractivity contribution in [3.8, 4) is 11.1 Å². The second-order valence-corrected chi connectivity index (χ2v) is 7.70. The summed E-state index contributed by atoms with van der Waals surface area (Å²) in [6, 6.07) is 12.9. The average molecular weight is 422 g/mol. The van der Waals surface area contributed by atoms with Crippen molar-refractivity contribution in [1.29, 1.82) is 0 Å². The number of hydrogen-bond donors (Lipinski definition) is 2. The van der Waals surface area contributed by atoms with E-state index in [9.17, 15) is 4.79 Å². The molecule has 0 spiro atoms. The second-order valence-electron chi connectivity index (χ2n) is 7.70. The normalized spacial score (nSPS) is 24.2. The Labute approximate surface area is 179 Å². The Morgan fingerprint density at radius 1 is 1.11 bits per heavy atom. The van der Waals surface area contributed by atoms with Crippen molar-refractivity contribution in [1.82, 2.24) is 15.6 Å². The lowest BCUT2D eigenvalue weighted by Gasteiger charge is -2.24. The van der Waals surface area contributed by atoms with Crippen LogP contribution in [0.1, 0.15) is 50.6 Å². The quantitative estimate of drug-likeness (QED) is 0.752. The maximum Gasteiger partial charge on any atom is 0.237 e. The monoisotopic (exact) mass is 421 g/mol. The van der Waals surface area contributed by atoms with Gasteiger partial charge in [-0.05, 0) is 54.9 Å². The van der Waals surface area contributed by atoms with Gasteiger partial charge in [-0.3, -0.25) is 9.78 Å². The zero-order chi connectivity index (χ0) is 17.9. The highest BCUT2D eigenvalue weighted by Gasteiger charge is 2.38. The topological polar surface area (TPSA) is 54.0 Å². The molecule has 0 bridgehead atoms. The van der Waals surface area contributed by atoms with E-state index in [0.717, 1.165) is 23.1 Å². The fraction of sp³-hybridized carbons (Fsp3) is 0.455. The van der Waals surface area contributed by atoms with Gasteiger partial charge >= 0.3 is 0 Å². The molecular weight excluding hydrogens is 393 g/mol. The molecule has 2 aromatic rings. The molecule has 0 radical (unpaired) electrons. The molecule has 1 aromatic carbocycles. The third kappa shape index (κ3) is 5.05. The molecule has 152 valence electrons. The van der Waals surface area contributed by atoms with Crippen molar-refractivity contribution in [2.75, 3.05) is 0 Å². The van der Waals surface area contributed by atoms with E-state index in [1.807, 2.05) is 12.3 Å². The van der Waals surface area contributed by atoms with Crippen LogP contribution in [-0.2, 0) is 4.79 Å². The standard InChI is InChI=1S/C22H27N3O.2ClH/c1-15(16-8-10-17(11-9-16)19-6-4-12-23-14-19)24-22(26)21-13-18-5-2-3-7-20(18)25-21;;/h4,6,8-12,14-15,18,20-21,25H,2-3,5,7,13H2,1H3,(H,24,26);2*1H. The maximum absolute atomic E-state index is 12.7. The van der Waals surface area contributed by atoms with Crippen molar-refractivity contribution >= 4 is 30.7 Å². The first kappa shape index (κ1) is 22.7. The van der Waals surface area contributed by atoms with Crippen LogP contribution in [0.2, 0.25) is 0 Å². The van der Waals surface area contributed by atoms with Crippen LogP contribution in [-0.4, -0.2) is 23.0 Å². The van der Waals surface area contributed by atoms with Crippen molar-refractivity contribution in [3.05, 3.63) is 54.4 Å². The number of rotatable bonds is 4. The Morgan fingerprint density at radius 3 is 2.54 bits per heavy atom. The molecule has 4 unspecified atom stereocenters. The number of benzene rings is 1. The van der Waals surface area contributed by atoms with Gasteiger partial charge in [0.05, 0.1) is 12.1 Å². The number of fused-ring (bicyclic) bond motifs is 1. The van der Waals surface area contributed by atoms with Crippen molar-refractivity contribution in [2.24, 2.45) is 5.92 Å². The average Bonchev–Trinajstić information content (AvgIpc) is 3.13. The van der Waals surface area contributed by atoms with Crippen LogP contribution >= 0.6 is 24.8 Å². The molecule has 1 aliphatic carbocycles. The fourth-order valence-corrected chi connectivity index (χ4v) is 4.42. The number of carbonyl (C=O) groups is 1. The van der Waals surface area contributed by atoms with E-state index in [2.05, 4.69) is 52.9 Å². The molecular formula is C22H29Cl2N3O. The Hall–Kier alpha value is -1.62. The number of aromatic nitrogens is 1. The van der Waals surface area contributed by atoms with E-state index in [0.29, 0.717) is 12.0 Å². The summed E-state index contributed by atoms with van der Waals surface area (Å²) >= 11 is 0. The summed E-state index contributed by atoms with van der Waals surface area (Å²) < 4.78 is 0. The molecule has 2 fully saturated rings. The molecule has 4 rings (SSSR count). The number of pyridine rings is 1. The van der Waals surface area contributed by atoms with Gasteiger partial charge in [-0.2, -0.15) is 0 Å². The number of nitrogens with zero attached hydrogens (tertiary/aromatic N) is 1. The molecule has 1 amide bonds. The summed E-state index contributed by atoms with van der Waals surface area (Å²) in [5, 5.41) is 6.75. The summed E-state index contributed by atoms with van der Waals surface area (Å²) in [7, 11) is 0. The smallest absolute Gasteiger partial charge is 0.237 e. The second kappa shape index (κ2) is 10.2.